The summed E-state index contributed by atoms with van der Waals surface area (Å²) in [5, 5.41) is 3.61. The molecule has 1 aromatic carbocycles. The second kappa shape index (κ2) is 8.14. The summed E-state index contributed by atoms with van der Waals surface area (Å²) in [4.78, 5) is 0. The molecule has 1 aliphatic carbocycles. The Balaban J connectivity index is 1.96. The van der Waals surface area contributed by atoms with Gasteiger partial charge in [0.05, 0.1) is 0 Å². The van der Waals surface area contributed by atoms with Crippen LogP contribution in [0.1, 0.15) is 51.0 Å². The molecule has 0 saturated heterocycles. The minimum Gasteiger partial charge on any atom is -0.314 e. The van der Waals surface area contributed by atoms with Crippen LogP contribution in [0.4, 0.5) is 4.39 Å². The topological polar surface area (TPSA) is 12.0 Å². The molecule has 1 nitrogen and oxygen atoms in total. The van der Waals surface area contributed by atoms with Crippen molar-refractivity contribution in [2.45, 2.75) is 57.9 Å². The van der Waals surface area contributed by atoms with Gasteiger partial charge in [-0.3, -0.25) is 0 Å². The van der Waals surface area contributed by atoms with E-state index in [0.717, 1.165) is 23.4 Å². The molecule has 0 spiro atoms. The van der Waals surface area contributed by atoms with Crippen molar-refractivity contribution in [1.29, 1.82) is 0 Å². The lowest BCUT2D eigenvalue weighted by Gasteiger charge is -2.27. The SMILES string of the molecule is CCNC(Cc1ccc(F)cc1Br)CC1CCCCC1. The van der Waals surface area contributed by atoms with Crippen LogP contribution in [0.3, 0.4) is 0 Å². The van der Waals surface area contributed by atoms with Gasteiger partial charge in [0.1, 0.15) is 5.82 Å². The van der Waals surface area contributed by atoms with Gasteiger partial charge in [-0.15, -0.1) is 0 Å². The third-order valence-electron chi connectivity index (χ3n) is 4.32. The van der Waals surface area contributed by atoms with Crippen molar-refractivity contribution in [3.05, 3.63) is 34.1 Å². The Morgan fingerprint density at radius 2 is 2.05 bits per heavy atom. The van der Waals surface area contributed by atoms with Gasteiger partial charge in [-0.25, -0.2) is 4.39 Å². The standard InChI is InChI=1S/C17H25BrFN/c1-2-20-16(10-13-6-4-3-5-7-13)11-14-8-9-15(19)12-17(14)18/h8-9,12-13,16,20H,2-7,10-11H2,1H3. The molecule has 0 aromatic heterocycles. The third kappa shape index (κ3) is 4.85. The summed E-state index contributed by atoms with van der Waals surface area (Å²) >= 11 is 3.48. The normalized spacial score (nSPS) is 18.1. The van der Waals surface area contributed by atoms with Crippen molar-refractivity contribution in [3.63, 3.8) is 0 Å². The van der Waals surface area contributed by atoms with Crippen molar-refractivity contribution in [1.82, 2.24) is 5.32 Å². The molecular formula is C17H25BrFN. The molecule has 1 N–H and O–H groups in total. The van der Waals surface area contributed by atoms with Crippen molar-refractivity contribution >= 4 is 15.9 Å². The van der Waals surface area contributed by atoms with E-state index in [-0.39, 0.29) is 5.82 Å². The Bertz CT molecular complexity index is 415. The predicted octanol–water partition coefficient (Wildman–Crippen LogP) is 5.08. The molecular weight excluding hydrogens is 317 g/mol. The van der Waals surface area contributed by atoms with Crippen LogP contribution in [-0.2, 0) is 6.42 Å². The Kier molecular flexibility index (Phi) is 6.50. The van der Waals surface area contributed by atoms with Crippen molar-refractivity contribution in [2.75, 3.05) is 6.54 Å². The van der Waals surface area contributed by atoms with Gasteiger partial charge in [0.2, 0.25) is 0 Å². The van der Waals surface area contributed by atoms with Gasteiger partial charge in [0.15, 0.2) is 0 Å². The largest absolute Gasteiger partial charge is 0.314 e. The highest BCUT2D eigenvalue weighted by Crippen LogP contribution is 2.29. The van der Waals surface area contributed by atoms with Crippen LogP contribution < -0.4 is 5.32 Å². The van der Waals surface area contributed by atoms with E-state index in [4.69, 9.17) is 0 Å². The average Bonchev–Trinajstić information content (AvgIpc) is 2.43. The third-order valence-corrected chi connectivity index (χ3v) is 5.06. The number of hydrogen-bond acceptors (Lipinski definition) is 1. The summed E-state index contributed by atoms with van der Waals surface area (Å²) in [6, 6.07) is 5.54. The molecule has 0 heterocycles. The Morgan fingerprint density at radius 3 is 2.70 bits per heavy atom. The number of halogens is 2. The van der Waals surface area contributed by atoms with Crippen LogP contribution in [0.15, 0.2) is 22.7 Å². The zero-order valence-electron chi connectivity index (χ0n) is 12.3. The van der Waals surface area contributed by atoms with Crippen LogP contribution in [0, 0.1) is 11.7 Å². The second-order valence-electron chi connectivity index (χ2n) is 5.93. The molecule has 0 radical (unpaired) electrons. The summed E-state index contributed by atoms with van der Waals surface area (Å²) in [5.74, 6) is 0.694. The molecule has 3 heteroatoms. The maximum Gasteiger partial charge on any atom is 0.124 e. The molecule has 20 heavy (non-hydrogen) atoms. The van der Waals surface area contributed by atoms with Crippen LogP contribution in [0.2, 0.25) is 0 Å². The summed E-state index contributed by atoms with van der Waals surface area (Å²) < 4.78 is 14.1. The number of hydrogen-bond donors (Lipinski definition) is 1. The fraction of sp³-hybridized carbons (Fsp3) is 0.647. The minimum atomic E-state index is -0.173. The maximum atomic E-state index is 13.2. The Morgan fingerprint density at radius 1 is 1.30 bits per heavy atom. The van der Waals surface area contributed by atoms with E-state index in [9.17, 15) is 4.39 Å². The van der Waals surface area contributed by atoms with E-state index >= 15 is 0 Å². The lowest BCUT2D eigenvalue weighted by molar-refractivity contribution is 0.298. The zero-order chi connectivity index (χ0) is 14.4. The van der Waals surface area contributed by atoms with Crippen molar-refractivity contribution in [2.24, 2.45) is 5.92 Å². The highest BCUT2D eigenvalue weighted by molar-refractivity contribution is 9.10. The first-order chi connectivity index (χ1) is 9.69. The molecule has 0 bridgehead atoms. The summed E-state index contributed by atoms with van der Waals surface area (Å²) in [6.45, 7) is 3.16. The van der Waals surface area contributed by atoms with Crippen LogP contribution in [-0.4, -0.2) is 12.6 Å². The highest BCUT2D eigenvalue weighted by atomic mass is 79.9. The molecule has 112 valence electrons. The lowest BCUT2D eigenvalue weighted by Crippen LogP contribution is -2.33. The first kappa shape index (κ1) is 16.0. The number of likely N-dealkylation sites (N-methyl/N-ethyl adjacent to an activating group) is 1. The van der Waals surface area contributed by atoms with Gasteiger partial charge < -0.3 is 5.32 Å². The van der Waals surface area contributed by atoms with Gasteiger partial charge in [0, 0.05) is 10.5 Å². The van der Waals surface area contributed by atoms with E-state index < -0.39 is 0 Å². The Labute approximate surface area is 130 Å². The predicted molar refractivity (Wildman–Crippen MR) is 86.5 cm³/mol. The smallest absolute Gasteiger partial charge is 0.124 e. The summed E-state index contributed by atoms with van der Waals surface area (Å²) in [5.41, 5.74) is 1.20. The number of nitrogens with one attached hydrogen (secondary N) is 1. The van der Waals surface area contributed by atoms with E-state index in [2.05, 4.69) is 28.2 Å². The first-order valence-corrected chi connectivity index (χ1v) is 8.65. The molecule has 1 saturated carbocycles. The molecule has 0 aliphatic heterocycles. The first-order valence-electron chi connectivity index (χ1n) is 7.86. The fourth-order valence-electron chi connectivity index (χ4n) is 3.31. The molecule has 1 fully saturated rings. The Hall–Kier alpha value is -0.410. The number of benzene rings is 1. The van der Waals surface area contributed by atoms with Crippen LogP contribution in [0.25, 0.3) is 0 Å². The molecule has 1 unspecified atom stereocenters. The molecule has 1 atom stereocenters. The number of rotatable bonds is 6. The van der Waals surface area contributed by atoms with E-state index in [0.29, 0.717) is 6.04 Å². The zero-order valence-corrected chi connectivity index (χ0v) is 13.9. The van der Waals surface area contributed by atoms with Crippen LogP contribution in [0.5, 0.6) is 0 Å². The van der Waals surface area contributed by atoms with Crippen molar-refractivity contribution < 1.29 is 4.39 Å². The van der Waals surface area contributed by atoms with Crippen LogP contribution >= 0.6 is 15.9 Å². The summed E-state index contributed by atoms with van der Waals surface area (Å²) in [6.07, 6.45) is 9.18. The lowest BCUT2D eigenvalue weighted by atomic mass is 9.83. The second-order valence-corrected chi connectivity index (χ2v) is 6.79. The highest BCUT2D eigenvalue weighted by Gasteiger charge is 2.19. The quantitative estimate of drug-likeness (QED) is 0.760. The fourth-order valence-corrected chi connectivity index (χ4v) is 3.82. The molecule has 2 rings (SSSR count). The van der Waals surface area contributed by atoms with Crippen molar-refractivity contribution in [3.8, 4) is 0 Å². The molecule has 0 amide bonds. The average molecular weight is 342 g/mol. The molecule has 1 aliphatic rings. The maximum absolute atomic E-state index is 13.2. The van der Waals surface area contributed by atoms with Gasteiger partial charge >= 0.3 is 0 Å². The summed E-state index contributed by atoms with van der Waals surface area (Å²) in [7, 11) is 0. The minimum absolute atomic E-state index is 0.173. The monoisotopic (exact) mass is 341 g/mol. The van der Waals surface area contributed by atoms with Gasteiger partial charge in [-0.1, -0.05) is 61.0 Å². The van der Waals surface area contributed by atoms with E-state index in [1.807, 2.05) is 6.07 Å². The van der Waals surface area contributed by atoms with Gasteiger partial charge in [-0.05, 0) is 43.0 Å². The van der Waals surface area contributed by atoms with Gasteiger partial charge in [-0.2, -0.15) is 0 Å². The van der Waals surface area contributed by atoms with Gasteiger partial charge in [0.25, 0.3) is 0 Å². The van der Waals surface area contributed by atoms with E-state index in [1.165, 1.54) is 44.1 Å². The van der Waals surface area contributed by atoms with E-state index in [1.54, 1.807) is 12.1 Å². The molecule has 1 aromatic rings.